The smallest absolute Gasteiger partial charge is 1.00 e. The summed E-state index contributed by atoms with van der Waals surface area (Å²) in [6.45, 7) is 3.06. The molecule has 0 aromatic carbocycles. The minimum Gasteiger partial charge on any atom is -1.00 e. The molecule has 0 saturated carbocycles. The van der Waals surface area contributed by atoms with E-state index >= 15 is 0 Å². The molecule has 0 unspecified atom stereocenters. The zero-order valence-electron chi connectivity index (χ0n) is 6.46. The molecule has 0 aromatic rings. The number of carbonyl (C=O) groups excluding carboxylic acids is 1. The summed E-state index contributed by atoms with van der Waals surface area (Å²) in [5.74, 6) is -0.501. The summed E-state index contributed by atoms with van der Waals surface area (Å²) >= 11 is 0. The van der Waals surface area contributed by atoms with E-state index in [-0.39, 0.29) is 44.2 Å². The predicted octanol–water partition coefficient (Wildman–Crippen LogP) is -3.18. The summed E-state index contributed by atoms with van der Waals surface area (Å²) in [7, 11) is 0. The zero-order chi connectivity index (χ0) is 6.41. The van der Waals surface area contributed by atoms with Gasteiger partial charge in [0.2, 0.25) is 0 Å². The Morgan fingerprint density at radius 2 is 2.44 bits per heavy atom. The summed E-state index contributed by atoms with van der Waals surface area (Å²) in [4.78, 5) is 10.1. The van der Waals surface area contributed by atoms with Crippen LogP contribution in [0.25, 0.3) is 0 Å². The summed E-state index contributed by atoms with van der Waals surface area (Å²) in [6.07, 6.45) is 1.05. The van der Waals surface area contributed by atoms with Crippen LogP contribution in [0.4, 0.5) is 0 Å². The molecule has 1 N–H and O–H groups in total. The van der Waals surface area contributed by atoms with Gasteiger partial charge in [0.25, 0.3) is 0 Å². The molecule has 3 nitrogen and oxygen atoms in total. The number of aliphatic hydroxyl groups excluding tert-OH is 1. The SMILES string of the molecule is C=CC(=O)OCCO.[H-].[Na+]. The van der Waals surface area contributed by atoms with Gasteiger partial charge in [0.05, 0.1) is 6.61 Å². The molecule has 9 heavy (non-hydrogen) atoms. The molecule has 0 aromatic heterocycles. The monoisotopic (exact) mass is 140 g/mol. The maximum Gasteiger partial charge on any atom is 1.00 e. The van der Waals surface area contributed by atoms with Crippen LogP contribution in [0.1, 0.15) is 1.43 Å². The zero-order valence-corrected chi connectivity index (χ0v) is 7.46. The second-order valence-electron chi connectivity index (χ2n) is 1.10. The number of esters is 1. The average molecular weight is 140 g/mol. The number of hydrogen-bond donors (Lipinski definition) is 1. The van der Waals surface area contributed by atoms with Gasteiger partial charge in [-0.25, -0.2) is 4.79 Å². The standard InChI is InChI=1S/C5H8O3.Na.H/c1-2-5(7)8-4-3-6;;/h2,6H,1,3-4H2;;/q;+1;-1. The van der Waals surface area contributed by atoms with E-state index in [1.54, 1.807) is 0 Å². The van der Waals surface area contributed by atoms with Crippen molar-refractivity contribution in [1.29, 1.82) is 0 Å². The van der Waals surface area contributed by atoms with Gasteiger partial charge in [-0.3, -0.25) is 0 Å². The van der Waals surface area contributed by atoms with Crippen LogP contribution < -0.4 is 29.6 Å². The molecule has 0 aliphatic carbocycles. The second-order valence-corrected chi connectivity index (χ2v) is 1.10. The number of carbonyl (C=O) groups is 1. The van der Waals surface area contributed by atoms with E-state index < -0.39 is 5.97 Å². The molecule has 48 valence electrons. The molecule has 4 heteroatoms. The third kappa shape index (κ3) is 8.17. The molecule has 0 spiro atoms. The van der Waals surface area contributed by atoms with Gasteiger partial charge < -0.3 is 11.3 Å². The van der Waals surface area contributed by atoms with E-state index in [2.05, 4.69) is 11.3 Å². The fourth-order valence-corrected chi connectivity index (χ4v) is 0.205. The van der Waals surface area contributed by atoms with Gasteiger partial charge in [-0.15, -0.1) is 0 Å². The predicted molar refractivity (Wildman–Crippen MR) is 29.4 cm³/mol. The van der Waals surface area contributed by atoms with Crippen molar-refractivity contribution >= 4 is 5.97 Å². The van der Waals surface area contributed by atoms with Crippen molar-refractivity contribution in [2.45, 2.75) is 0 Å². The summed E-state index contributed by atoms with van der Waals surface area (Å²) in [5, 5.41) is 8.10. The fraction of sp³-hybridized carbons (Fsp3) is 0.400. The molecule has 0 bridgehead atoms. The van der Waals surface area contributed by atoms with E-state index in [1.165, 1.54) is 0 Å². The molecule has 0 amide bonds. The van der Waals surface area contributed by atoms with Crippen LogP contribution in [0.15, 0.2) is 12.7 Å². The van der Waals surface area contributed by atoms with Crippen LogP contribution in [0.5, 0.6) is 0 Å². The van der Waals surface area contributed by atoms with E-state index in [4.69, 9.17) is 5.11 Å². The Morgan fingerprint density at radius 3 is 2.78 bits per heavy atom. The first kappa shape index (κ1) is 11.9. The maximum absolute atomic E-state index is 10.1. The normalized spacial score (nSPS) is 7.22. The molecule has 0 atom stereocenters. The largest absolute Gasteiger partial charge is 1.00 e. The van der Waals surface area contributed by atoms with Gasteiger partial charge in [0.15, 0.2) is 0 Å². The van der Waals surface area contributed by atoms with Gasteiger partial charge in [-0.2, -0.15) is 0 Å². The molecule has 0 heterocycles. The van der Waals surface area contributed by atoms with Gasteiger partial charge in [-0.1, -0.05) is 6.58 Å². The quantitative estimate of drug-likeness (QED) is 0.255. The van der Waals surface area contributed by atoms with Crippen molar-refractivity contribution in [1.82, 2.24) is 0 Å². The topological polar surface area (TPSA) is 46.5 Å². The van der Waals surface area contributed by atoms with Gasteiger partial charge in [0.1, 0.15) is 6.61 Å². The molecule has 0 aliphatic heterocycles. The molecule has 0 fully saturated rings. The first-order valence-electron chi connectivity index (χ1n) is 2.21. The van der Waals surface area contributed by atoms with Crippen LogP contribution >= 0.6 is 0 Å². The van der Waals surface area contributed by atoms with E-state index in [0.717, 1.165) is 6.08 Å². The average Bonchev–Trinajstić information content (AvgIpc) is 1.83. The van der Waals surface area contributed by atoms with Crippen LogP contribution in [0, 0.1) is 0 Å². The first-order valence-corrected chi connectivity index (χ1v) is 2.21. The molecule has 0 radical (unpaired) electrons. The maximum atomic E-state index is 10.1. The van der Waals surface area contributed by atoms with Gasteiger partial charge in [-0.05, 0) is 0 Å². The van der Waals surface area contributed by atoms with Crippen LogP contribution in [-0.4, -0.2) is 24.3 Å². The Balaban J connectivity index is -0.000000245. The van der Waals surface area contributed by atoms with E-state index in [1.807, 2.05) is 0 Å². The van der Waals surface area contributed by atoms with Crippen LogP contribution in [0.2, 0.25) is 0 Å². The molecule has 0 aliphatic rings. The Morgan fingerprint density at radius 1 is 1.89 bits per heavy atom. The molecule has 0 saturated heterocycles. The second kappa shape index (κ2) is 8.17. The number of ether oxygens (including phenoxy) is 1. The van der Waals surface area contributed by atoms with Crippen molar-refractivity contribution in [3.05, 3.63) is 12.7 Å². The minimum absolute atomic E-state index is 0. The Bertz CT molecular complexity index is 96.9. The molecular weight excluding hydrogens is 131 g/mol. The van der Waals surface area contributed by atoms with Crippen molar-refractivity contribution < 1.29 is 45.6 Å². The van der Waals surface area contributed by atoms with Crippen LogP contribution in [0.3, 0.4) is 0 Å². The van der Waals surface area contributed by atoms with Crippen molar-refractivity contribution in [2.75, 3.05) is 13.2 Å². The van der Waals surface area contributed by atoms with Gasteiger partial charge in [0, 0.05) is 6.08 Å². The summed E-state index contributed by atoms with van der Waals surface area (Å²) < 4.78 is 4.33. The minimum atomic E-state index is -0.501. The third-order valence-electron chi connectivity index (χ3n) is 0.502. The Labute approximate surface area is 77.5 Å². The summed E-state index contributed by atoms with van der Waals surface area (Å²) in [6, 6.07) is 0. The third-order valence-corrected chi connectivity index (χ3v) is 0.502. The Kier molecular flexibility index (Phi) is 10.8. The van der Waals surface area contributed by atoms with E-state index in [0.29, 0.717) is 0 Å². The van der Waals surface area contributed by atoms with Crippen LogP contribution in [-0.2, 0) is 9.53 Å². The fourth-order valence-electron chi connectivity index (χ4n) is 0.205. The van der Waals surface area contributed by atoms with E-state index in [9.17, 15) is 4.79 Å². The summed E-state index contributed by atoms with van der Waals surface area (Å²) in [5.41, 5.74) is 0. The van der Waals surface area contributed by atoms with Gasteiger partial charge >= 0.3 is 35.5 Å². The molecule has 0 rings (SSSR count). The first-order chi connectivity index (χ1) is 3.81. The van der Waals surface area contributed by atoms with Crippen molar-refractivity contribution in [3.63, 3.8) is 0 Å². The van der Waals surface area contributed by atoms with Crippen molar-refractivity contribution in [2.24, 2.45) is 0 Å². The number of rotatable bonds is 3. The molecular formula is C5H9NaO3. The number of aliphatic hydroxyl groups is 1. The van der Waals surface area contributed by atoms with Crippen molar-refractivity contribution in [3.8, 4) is 0 Å². The Hall–Kier alpha value is 0.170. The number of hydrogen-bond acceptors (Lipinski definition) is 3.